The van der Waals surface area contributed by atoms with Gasteiger partial charge in [0.2, 0.25) is 0 Å². The zero-order valence-corrected chi connectivity index (χ0v) is 65.3. The summed E-state index contributed by atoms with van der Waals surface area (Å²) in [5.41, 5.74) is 0. The molecule has 0 aliphatic carbocycles. The van der Waals surface area contributed by atoms with Crippen LogP contribution in [0.4, 0.5) is 0 Å². The van der Waals surface area contributed by atoms with Gasteiger partial charge in [-0.25, -0.2) is 9.13 Å². The number of carbonyl (C=O) groups excluding carboxylic acids is 4. The first-order valence-corrected chi connectivity index (χ1v) is 42.1. The third-order valence-corrected chi connectivity index (χ3v) is 17.7. The molecule has 0 aromatic heterocycles. The van der Waals surface area contributed by atoms with Crippen LogP contribution >= 0.6 is 15.6 Å². The van der Waals surface area contributed by atoms with E-state index in [4.69, 9.17) is 37.0 Å². The Morgan fingerprint density at radius 3 is 0.853 bits per heavy atom. The van der Waals surface area contributed by atoms with E-state index in [1.807, 2.05) is 12.2 Å². The van der Waals surface area contributed by atoms with Gasteiger partial charge in [0.05, 0.1) is 26.4 Å². The van der Waals surface area contributed by atoms with Crippen molar-refractivity contribution in [1.82, 2.24) is 0 Å². The van der Waals surface area contributed by atoms with Gasteiger partial charge in [0.1, 0.15) is 19.3 Å². The van der Waals surface area contributed by atoms with E-state index >= 15 is 0 Å². The molecule has 0 bridgehead atoms. The van der Waals surface area contributed by atoms with Gasteiger partial charge in [-0.2, -0.15) is 0 Å². The first-order valence-electron chi connectivity index (χ1n) is 39.1. The Bertz CT molecular complexity index is 2510. The molecule has 0 rings (SSSR count). The predicted octanol–water partition coefficient (Wildman–Crippen LogP) is 22.7. The Morgan fingerprint density at radius 1 is 0.284 bits per heavy atom. The van der Waals surface area contributed by atoms with Crippen LogP contribution < -0.4 is 0 Å². The predicted molar refractivity (Wildman–Crippen MR) is 417 cm³/mol. The quantitative estimate of drug-likeness (QED) is 0.0169. The smallest absolute Gasteiger partial charge is 0.462 e. The Kier molecular flexibility index (Phi) is 70.5. The lowest BCUT2D eigenvalue weighted by Gasteiger charge is -2.21. The molecular formula is C83H138O17P2. The first kappa shape index (κ1) is 96.9. The normalized spacial score (nSPS) is 14.7. The number of aliphatic hydroxyl groups excluding tert-OH is 1. The average Bonchev–Trinajstić information content (AvgIpc) is 0.959. The fraction of sp³-hybridized carbons (Fsp3) is 0.663. The molecule has 0 aliphatic heterocycles. The molecule has 582 valence electrons. The van der Waals surface area contributed by atoms with Gasteiger partial charge in [-0.3, -0.25) is 37.3 Å². The monoisotopic (exact) mass is 1470 g/mol. The van der Waals surface area contributed by atoms with E-state index < -0.39 is 97.5 Å². The van der Waals surface area contributed by atoms with Crippen LogP contribution in [0.1, 0.15) is 297 Å². The molecule has 0 amide bonds. The first-order chi connectivity index (χ1) is 49.7. The van der Waals surface area contributed by atoms with Crippen molar-refractivity contribution in [2.45, 2.75) is 316 Å². The lowest BCUT2D eigenvalue weighted by atomic mass is 10.1. The molecule has 5 unspecified atom stereocenters. The Labute approximate surface area is 617 Å². The van der Waals surface area contributed by atoms with Crippen molar-refractivity contribution >= 4 is 39.5 Å². The number of phosphoric acid groups is 2. The van der Waals surface area contributed by atoms with Crippen molar-refractivity contribution in [3.8, 4) is 0 Å². The molecule has 0 aromatic carbocycles. The van der Waals surface area contributed by atoms with Gasteiger partial charge >= 0.3 is 39.5 Å². The van der Waals surface area contributed by atoms with Crippen LogP contribution in [0.5, 0.6) is 0 Å². The standard InChI is InChI=1S/C83H138O17P2/c1-5-9-13-17-21-25-29-33-36-38-41-45-48-52-56-60-64-68-81(86)94-74-79(100-83(88)70-66-62-58-54-50-46-42-39-37-34-30-26-22-18-14-10-6-2)76-98-102(91,92)96-72-77(84)71-95-101(89,90)97-75-78(99-82(87)69-65-61-57-53-49-43-32-28-24-20-16-12-8-4)73-93-80(85)67-63-59-55-51-47-44-40-35-31-27-23-19-15-11-7-3/h9-10,13-14,21-23,25-28,32-37,40-42,45-46,52,56,77-79,84H,5-8,11-12,15-20,24,29-31,38-39,43-44,47-51,53-55,57-76H2,1-4H3,(H,89,90)(H,91,92)/b13-9-,14-10-,25-21-,26-22-,27-23-,32-28-,36-33-,37-34-,40-35-,45-41-,46-42-,56-52-. The third-order valence-electron chi connectivity index (χ3n) is 15.8. The molecule has 0 spiro atoms. The van der Waals surface area contributed by atoms with Gasteiger partial charge < -0.3 is 33.8 Å². The average molecular weight is 1470 g/mol. The second-order valence-corrected chi connectivity index (χ2v) is 28.4. The van der Waals surface area contributed by atoms with Crippen LogP contribution in [0, 0.1) is 0 Å². The van der Waals surface area contributed by atoms with E-state index in [9.17, 15) is 43.2 Å². The molecule has 0 saturated carbocycles. The van der Waals surface area contributed by atoms with Crippen LogP contribution in [0.3, 0.4) is 0 Å². The number of carbonyl (C=O) groups is 4. The van der Waals surface area contributed by atoms with Crippen LogP contribution in [0.25, 0.3) is 0 Å². The van der Waals surface area contributed by atoms with Crippen molar-refractivity contribution in [3.05, 3.63) is 146 Å². The van der Waals surface area contributed by atoms with Crippen LogP contribution in [0.15, 0.2) is 146 Å². The summed E-state index contributed by atoms with van der Waals surface area (Å²) < 4.78 is 68.5. The number of hydrogen-bond donors (Lipinski definition) is 3. The van der Waals surface area contributed by atoms with Crippen LogP contribution in [-0.4, -0.2) is 96.7 Å². The maximum Gasteiger partial charge on any atom is 0.472 e. The number of phosphoric ester groups is 2. The molecular weight excluding hydrogens is 1330 g/mol. The zero-order valence-electron chi connectivity index (χ0n) is 63.5. The fourth-order valence-electron chi connectivity index (χ4n) is 9.86. The molecule has 19 heteroatoms. The van der Waals surface area contributed by atoms with Gasteiger partial charge in [0, 0.05) is 25.7 Å². The van der Waals surface area contributed by atoms with E-state index in [1.54, 1.807) is 0 Å². The van der Waals surface area contributed by atoms with Gasteiger partial charge in [-0.15, -0.1) is 0 Å². The number of unbranched alkanes of at least 4 members (excludes halogenated alkanes) is 22. The number of aliphatic hydroxyl groups is 1. The summed E-state index contributed by atoms with van der Waals surface area (Å²) in [4.78, 5) is 72.9. The molecule has 0 fully saturated rings. The molecule has 17 nitrogen and oxygen atoms in total. The van der Waals surface area contributed by atoms with Gasteiger partial charge in [-0.1, -0.05) is 257 Å². The highest BCUT2D eigenvalue weighted by Gasteiger charge is 2.30. The molecule has 102 heavy (non-hydrogen) atoms. The summed E-state index contributed by atoms with van der Waals surface area (Å²) in [5, 5.41) is 10.6. The molecule has 3 N–H and O–H groups in total. The maximum absolute atomic E-state index is 13.1. The van der Waals surface area contributed by atoms with E-state index in [2.05, 4.69) is 161 Å². The number of hydrogen-bond acceptors (Lipinski definition) is 15. The Hall–Kier alpha value is -5.06. The zero-order chi connectivity index (χ0) is 74.6. The van der Waals surface area contributed by atoms with E-state index in [0.717, 1.165) is 167 Å². The molecule has 0 aromatic rings. The number of rotatable bonds is 72. The van der Waals surface area contributed by atoms with Crippen molar-refractivity contribution in [1.29, 1.82) is 0 Å². The highest BCUT2D eigenvalue weighted by molar-refractivity contribution is 7.47. The van der Waals surface area contributed by atoms with E-state index in [0.29, 0.717) is 32.1 Å². The largest absolute Gasteiger partial charge is 0.472 e. The van der Waals surface area contributed by atoms with Crippen LogP contribution in [0.2, 0.25) is 0 Å². The second kappa shape index (κ2) is 74.2. The summed E-state index contributed by atoms with van der Waals surface area (Å²) in [6, 6.07) is 0. The molecule has 5 atom stereocenters. The van der Waals surface area contributed by atoms with Crippen molar-refractivity contribution < 1.29 is 80.2 Å². The molecule has 0 radical (unpaired) electrons. The van der Waals surface area contributed by atoms with Crippen LogP contribution in [-0.2, 0) is 65.4 Å². The van der Waals surface area contributed by atoms with Gasteiger partial charge in [0.15, 0.2) is 12.2 Å². The third kappa shape index (κ3) is 73.3. The molecule has 0 aliphatic rings. The van der Waals surface area contributed by atoms with Gasteiger partial charge in [-0.05, 0) is 161 Å². The van der Waals surface area contributed by atoms with Gasteiger partial charge in [0.25, 0.3) is 0 Å². The molecule has 0 saturated heterocycles. The minimum absolute atomic E-state index is 0.0497. The lowest BCUT2D eigenvalue weighted by Crippen LogP contribution is -2.30. The summed E-state index contributed by atoms with van der Waals surface area (Å²) >= 11 is 0. The minimum atomic E-state index is -5.00. The number of ether oxygens (including phenoxy) is 4. The number of allylic oxidation sites excluding steroid dienone is 24. The highest BCUT2D eigenvalue weighted by atomic mass is 31.2. The SMILES string of the molecule is CC/C=C\C/C=C\C/C=C\C/C=C\C/C=C\CCCC(=O)OCC(COP(=O)(O)OCC(O)COP(=O)(O)OCC(COC(=O)CCCCCCC/C=C\C/C=C\CCCCC)OC(=O)CCCCCCC/C=C\CCCCCC)OC(=O)CCCCCC/C=C\C/C=C\C/C=C\C/C=C\CC. The Balaban J connectivity index is 5.46. The fourth-order valence-corrected chi connectivity index (χ4v) is 11.4. The second-order valence-electron chi connectivity index (χ2n) is 25.5. The summed E-state index contributed by atoms with van der Waals surface area (Å²) in [5.74, 6) is -2.30. The number of esters is 4. The summed E-state index contributed by atoms with van der Waals surface area (Å²) in [6.07, 6.45) is 84.1. The highest BCUT2D eigenvalue weighted by Crippen LogP contribution is 2.45. The summed E-state index contributed by atoms with van der Waals surface area (Å²) in [7, 11) is -9.99. The van der Waals surface area contributed by atoms with Crippen molar-refractivity contribution in [2.75, 3.05) is 39.6 Å². The maximum atomic E-state index is 13.1. The lowest BCUT2D eigenvalue weighted by molar-refractivity contribution is -0.161. The van der Waals surface area contributed by atoms with Crippen molar-refractivity contribution in [3.63, 3.8) is 0 Å². The Morgan fingerprint density at radius 2 is 0.520 bits per heavy atom. The molecule has 0 heterocycles. The minimum Gasteiger partial charge on any atom is -0.462 e. The summed E-state index contributed by atoms with van der Waals surface area (Å²) in [6.45, 7) is 4.48. The topological polar surface area (TPSA) is 237 Å². The van der Waals surface area contributed by atoms with E-state index in [-0.39, 0.29) is 25.7 Å². The van der Waals surface area contributed by atoms with E-state index in [1.165, 1.54) is 44.9 Å². The van der Waals surface area contributed by atoms with Crippen molar-refractivity contribution in [2.24, 2.45) is 0 Å².